The monoisotopic (exact) mass is 960 g/mol. The number of esters is 5. The van der Waals surface area contributed by atoms with Crippen LogP contribution in [0, 0.1) is 0 Å². The summed E-state index contributed by atoms with van der Waals surface area (Å²) in [5.41, 5.74) is 6.95. The summed E-state index contributed by atoms with van der Waals surface area (Å²) in [5, 5.41) is 0. The fourth-order valence-corrected chi connectivity index (χ4v) is 8.20. The molecule has 0 aromatic heterocycles. The lowest BCUT2D eigenvalue weighted by molar-refractivity contribution is -0.146. The van der Waals surface area contributed by atoms with Gasteiger partial charge >= 0.3 is 29.8 Å². The molecular weight excluding hydrogens is 901 g/mol. The number of ether oxygens (including phenoxy) is 10. The Balaban J connectivity index is 1.62. The molecule has 0 atom stereocenters. The zero-order chi connectivity index (χ0) is 49.8. The number of rotatable bonds is 20. The maximum atomic E-state index is 12.9. The van der Waals surface area contributed by atoms with Gasteiger partial charge in [0.25, 0.3) is 0 Å². The number of hydrogen-bond acceptors (Lipinski definition) is 15. The lowest BCUT2D eigenvalue weighted by atomic mass is 9.91. The average molecular weight is 961 g/mol. The van der Waals surface area contributed by atoms with Crippen LogP contribution in [0.3, 0.4) is 0 Å². The van der Waals surface area contributed by atoms with Crippen molar-refractivity contribution in [2.24, 2.45) is 0 Å². The zero-order valence-electron chi connectivity index (χ0n) is 40.4. The van der Waals surface area contributed by atoms with Crippen molar-refractivity contribution in [3.8, 4) is 28.7 Å². The third-order valence-corrected chi connectivity index (χ3v) is 11.0. The quantitative estimate of drug-likeness (QED) is 0.0538. The van der Waals surface area contributed by atoms with Gasteiger partial charge in [0, 0.05) is 32.1 Å². The predicted octanol–water partition coefficient (Wildman–Crippen LogP) is 7.66. The molecule has 1 aliphatic carbocycles. The van der Waals surface area contributed by atoms with E-state index in [0.29, 0.717) is 84.4 Å². The van der Waals surface area contributed by atoms with Gasteiger partial charge in [0.2, 0.25) is 0 Å². The summed E-state index contributed by atoms with van der Waals surface area (Å²) < 4.78 is 58.2. The maximum Gasteiger partial charge on any atom is 0.344 e. The van der Waals surface area contributed by atoms with Crippen LogP contribution in [0.2, 0.25) is 0 Å². The van der Waals surface area contributed by atoms with Gasteiger partial charge in [-0.25, -0.2) is 24.0 Å². The minimum Gasteiger partial charge on any atom is -0.481 e. The van der Waals surface area contributed by atoms with Gasteiger partial charge < -0.3 is 47.4 Å². The van der Waals surface area contributed by atoms with Crippen molar-refractivity contribution in [1.29, 1.82) is 0 Å². The average Bonchev–Trinajstić information content (AvgIpc) is 3.33. The summed E-state index contributed by atoms with van der Waals surface area (Å²) >= 11 is 0. The fourth-order valence-electron chi connectivity index (χ4n) is 8.20. The molecule has 0 N–H and O–H groups in total. The van der Waals surface area contributed by atoms with Crippen LogP contribution >= 0.6 is 0 Å². The topological polar surface area (TPSA) is 178 Å². The Morgan fingerprint density at radius 1 is 0.286 bits per heavy atom. The Labute approximate surface area is 408 Å². The summed E-state index contributed by atoms with van der Waals surface area (Å²) in [6, 6.07) is 28.3. The Morgan fingerprint density at radius 3 is 0.557 bits per heavy atom. The van der Waals surface area contributed by atoms with Crippen LogP contribution in [0.15, 0.2) is 91.0 Å². The van der Waals surface area contributed by atoms with E-state index in [4.69, 9.17) is 47.4 Å². The smallest absolute Gasteiger partial charge is 0.344 e. The van der Waals surface area contributed by atoms with Crippen molar-refractivity contribution < 1.29 is 71.3 Å². The van der Waals surface area contributed by atoms with E-state index in [1.54, 1.807) is 34.6 Å². The first-order valence-corrected chi connectivity index (χ1v) is 23.5. The first-order chi connectivity index (χ1) is 34.0. The molecule has 0 fully saturated rings. The van der Waals surface area contributed by atoms with Crippen LogP contribution in [0.1, 0.15) is 90.3 Å². The van der Waals surface area contributed by atoms with Gasteiger partial charge in [0.15, 0.2) is 33.0 Å². The molecular formula is C55H60O15. The summed E-state index contributed by atoms with van der Waals surface area (Å²) in [4.78, 5) is 64.4. The fraction of sp³-hybridized carbons (Fsp3) is 0.364. The standard InChI is InChI=1S/C55H60O15/c1-6-61-46(56)31-66-51-36-16-11-17-37(51)27-39-19-13-21-41(53(39)68-33-48(58)63-8-3)29-43-23-15-25-45(55(43)70-35-50(60)65-10-5)30-44-24-14-22-42(54(44)69-34-49(59)64-9-4)28-40-20-12-18-38(26-36)52(40)67-32-47(57)62-7-2/h11-25H,6-10,26-35H2,1-5H3. The largest absolute Gasteiger partial charge is 0.481 e. The molecule has 0 unspecified atom stereocenters. The highest BCUT2D eigenvalue weighted by Crippen LogP contribution is 2.39. The molecule has 0 heterocycles. The van der Waals surface area contributed by atoms with Gasteiger partial charge in [-0.1, -0.05) is 91.0 Å². The van der Waals surface area contributed by atoms with Gasteiger partial charge in [-0.2, -0.15) is 0 Å². The number of benzene rings is 5. The van der Waals surface area contributed by atoms with E-state index in [9.17, 15) is 24.0 Å². The Hall–Kier alpha value is -7.55. The normalized spacial score (nSPS) is 11.8. The van der Waals surface area contributed by atoms with Gasteiger partial charge in [0.1, 0.15) is 28.7 Å². The third-order valence-electron chi connectivity index (χ3n) is 11.0. The number of hydrogen-bond donors (Lipinski definition) is 0. The van der Waals surface area contributed by atoms with E-state index < -0.39 is 29.8 Å². The Morgan fingerprint density at radius 2 is 0.429 bits per heavy atom. The molecule has 5 aromatic rings. The van der Waals surface area contributed by atoms with Crippen LogP contribution in [0.5, 0.6) is 28.7 Å². The number of para-hydroxylation sites is 5. The van der Waals surface area contributed by atoms with Crippen LogP contribution < -0.4 is 23.7 Å². The van der Waals surface area contributed by atoms with E-state index >= 15 is 0 Å². The van der Waals surface area contributed by atoms with Crippen LogP contribution in [0.25, 0.3) is 0 Å². The number of carbonyl (C=O) groups is 5. The highest BCUT2D eigenvalue weighted by Gasteiger charge is 2.24. The maximum absolute atomic E-state index is 12.9. The highest BCUT2D eigenvalue weighted by molar-refractivity contribution is 5.73. The van der Waals surface area contributed by atoms with Gasteiger partial charge in [-0.05, 0) is 90.3 Å². The molecule has 0 amide bonds. The molecule has 10 bridgehead atoms. The molecule has 6 rings (SSSR count). The summed E-state index contributed by atoms with van der Waals surface area (Å²) in [6.45, 7) is 7.47. The van der Waals surface area contributed by atoms with E-state index in [0.717, 1.165) is 0 Å². The summed E-state index contributed by atoms with van der Waals surface area (Å²) in [6.07, 6.45) is 1.18. The van der Waals surface area contributed by atoms with Gasteiger partial charge in [0.05, 0.1) is 33.0 Å². The van der Waals surface area contributed by atoms with Crippen molar-refractivity contribution in [1.82, 2.24) is 0 Å². The highest BCUT2D eigenvalue weighted by atomic mass is 16.6. The van der Waals surface area contributed by atoms with Crippen molar-refractivity contribution in [2.75, 3.05) is 66.1 Å². The van der Waals surface area contributed by atoms with Gasteiger partial charge in [-0.3, -0.25) is 0 Å². The SMILES string of the molecule is CCOC(=O)COc1c2cccc1Cc1cccc(c1OCC(=O)OCC)Cc1cccc(c1OCC(=O)OCC)Cc1cccc(c1OCC(=O)OCC)Cc1cccc(c1OCC(=O)OCC)C2. The van der Waals surface area contributed by atoms with Crippen LogP contribution in [-0.2, 0) is 79.8 Å². The molecule has 0 saturated heterocycles. The number of fused-ring (bicyclic) bond motifs is 10. The third kappa shape index (κ3) is 14.2. The lowest BCUT2D eigenvalue weighted by Gasteiger charge is -2.22. The van der Waals surface area contributed by atoms with E-state index in [1.165, 1.54) is 0 Å². The molecule has 70 heavy (non-hydrogen) atoms. The Kier molecular flexibility index (Phi) is 19.5. The molecule has 0 aliphatic heterocycles. The van der Waals surface area contributed by atoms with E-state index in [2.05, 4.69) is 0 Å². The van der Waals surface area contributed by atoms with Crippen LogP contribution in [-0.4, -0.2) is 95.9 Å². The van der Waals surface area contributed by atoms with Crippen LogP contribution in [0.4, 0.5) is 0 Å². The zero-order valence-corrected chi connectivity index (χ0v) is 40.4. The van der Waals surface area contributed by atoms with Crippen molar-refractivity contribution >= 4 is 29.8 Å². The molecule has 5 aromatic carbocycles. The van der Waals surface area contributed by atoms with Crippen molar-refractivity contribution in [2.45, 2.75) is 66.7 Å². The second kappa shape index (κ2) is 26.3. The molecule has 370 valence electrons. The lowest BCUT2D eigenvalue weighted by Crippen LogP contribution is -2.18. The molecule has 0 spiro atoms. The minimum absolute atomic E-state index is 0.162. The number of carbonyl (C=O) groups excluding carboxylic acids is 5. The van der Waals surface area contributed by atoms with E-state index in [1.807, 2.05) is 91.0 Å². The van der Waals surface area contributed by atoms with E-state index in [-0.39, 0.29) is 98.2 Å². The summed E-state index contributed by atoms with van der Waals surface area (Å²) in [5.74, 6) is -0.717. The molecule has 0 saturated carbocycles. The second-order valence-electron chi connectivity index (χ2n) is 15.9. The Bertz CT molecular complexity index is 2100. The molecule has 15 heteroatoms. The summed E-state index contributed by atoms with van der Waals surface area (Å²) in [7, 11) is 0. The minimum atomic E-state index is -0.558. The molecule has 0 radical (unpaired) electrons. The van der Waals surface area contributed by atoms with Gasteiger partial charge in [-0.15, -0.1) is 0 Å². The first kappa shape index (κ1) is 51.8. The first-order valence-electron chi connectivity index (χ1n) is 23.5. The second-order valence-corrected chi connectivity index (χ2v) is 15.9. The van der Waals surface area contributed by atoms with Crippen molar-refractivity contribution in [3.63, 3.8) is 0 Å². The van der Waals surface area contributed by atoms with Crippen molar-refractivity contribution in [3.05, 3.63) is 147 Å². The predicted molar refractivity (Wildman–Crippen MR) is 257 cm³/mol. The molecule has 15 nitrogen and oxygen atoms in total. The molecule has 1 aliphatic rings.